The van der Waals surface area contributed by atoms with E-state index in [9.17, 15) is 4.79 Å². The lowest BCUT2D eigenvalue weighted by atomic mass is 10.1. The Balaban J connectivity index is 2.72. The van der Waals surface area contributed by atoms with Crippen molar-refractivity contribution < 1.29 is 9.53 Å². The van der Waals surface area contributed by atoms with Gasteiger partial charge in [-0.05, 0) is 18.2 Å². The van der Waals surface area contributed by atoms with Crippen LogP contribution in [0.1, 0.15) is 10.4 Å². The first-order chi connectivity index (χ1) is 9.47. The number of carbonyl (C=O) groups excluding carboxylic acids is 1. The van der Waals surface area contributed by atoms with Crippen LogP contribution in [0.4, 0.5) is 0 Å². The summed E-state index contributed by atoms with van der Waals surface area (Å²) >= 11 is 24.4. The SMILES string of the molecule is COC(=O)c1ccnc(-c2c(Cl)ccc(Cl)c2Cl)c1Cl. The number of benzene rings is 1. The Hall–Kier alpha value is -1.000. The van der Waals surface area contributed by atoms with Gasteiger partial charge in [0.25, 0.3) is 0 Å². The highest BCUT2D eigenvalue weighted by molar-refractivity contribution is 6.47. The summed E-state index contributed by atoms with van der Waals surface area (Å²) in [6.45, 7) is 0. The third-order valence-corrected chi connectivity index (χ3v) is 4.08. The molecule has 1 aromatic heterocycles. The first-order valence-corrected chi connectivity index (χ1v) is 6.85. The maximum absolute atomic E-state index is 11.6. The van der Waals surface area contributed by atoms with Gasteiger partial charge in [0.2, 0.25) is 0 Å². The molecule has 0 spiro atoms. The van der Waals surface area contributed by atoms with Gasteiger partial charge in [0, 0.05) is 11.8 Å². The fraction of sp³-hybridized carbons (Fsp3) is 0.0769. The number of rotatable bonds is 2. The van der Waals surface area contributed by atoms with E-state index >= 15 is 0 Å². The highest BCUT2D eigenvalue weighted by Gasteiger charge is 2.20. The van der Waals surface area contributed by atoms with Crippen molar-refractivity contribution in [3.8, 4) is 11.3 Å². The molecule has 3 nitrogen and oxygen atoms in total. The minimum atomic E-state index is -0.576. The zero-order chi connectivity index (χ0) is 14.9. The normalized spacial score (nSPS) is 10.4. The number of hydrogen-bond acceptors (Lipinski definition) is 3. The fourth-order valence-corrected chi connectivity index (χ4v) is 2.62. The molecule has 104 valence electrons. The van der Waals surface area contributed by atoms with E-state index in [4.69, 9.17) is 46.4 Å². The van der Waals surface area contributed by atoms with E-state index in [0.29, 0.717) is 15.6 Å². The molecule has 0 saturated carbocycles. The molecule has 0 atom stereocenters. The van der Waals surface area contributed by atoms with Gasteiger partial charge in [0.05, 0.1) is 38.5 Å². The third kappa shape index (κ3) is 2.72. The first-order valence-electron chi connectivity index (χ1n) is 5.34. The molecular weight excluding hydrogens is 344 g/mol. The molecule has 0 aliphatic rings. The molecule has 0 aliphatic carbocycles. The zero-order valence-electron chi connectivity index (χ0n) is 10.1. The van der Waals surface area contributed by atoms with Crippen molar-refractivity contribution >= 4 is 52.4 Å². The second kappa shape index (κ2) is 6.19. The summed E-state index contributed by atoms with van der Waals surface area (Å²) in [5.41, 5.74) is 0.815. The van der Waals surface area contributed by atoms with Gasteiger partial charge in [0.15, 0.2) is 0 Å². The number of nitrogens with zero attached hydrogens (tertiary/aromatic N) is 1. The molecular formula is C13H7Cl4NO2. The van der Waals surface area contributed by atoms with Crippen LogP contribution in [0.15, 0.2) is 24.4 Å². The Bertz CT molecular complexity index is 688. The van der Waals surface area contributed by atoms with Crippen LogP contribution in [0.5, 0.6) is 0 Å². The number of aromatic nitrogens is 1. The van der Waals surface area contributed by atoms with Crippen LogP contribution in [0.2, 0.25) is 20.1 Å². The molecule has 1 heterocycles. The lowest BCUT2D eigenvalue weighted by Crippen LogP contribution is -2.04. The van der Waals surface area contributed by atoms with E-state index in [1.165, 1.54) is 19.4 Å². The van der Waals surface area contributed by atoms with Gasteiger partial charge < -0.3 is 4.74 Å². The quantitative estimate of drug-likeness (QED) is 0.555. The van der Waals surface area contributed by atoms with Crippen LogP contribution in [0.25, 0.3) is 11.3 Å². The van der Waals surface area contributed by atoms with E-state index < -0.39 is 5.97 Å². The number of esters is 1. The van der Waals surface area contributed by atoms with E-state index in [0.717, 1.165) is 0 Å². The predicted octanol–water partition coefficient (Wildman–Crippen LogP) is 5.15. The topological polar surface area (TPSA) is 39.2 Å². The molecule has 0 amide bonds. The molecule has 0 radical (unpaired) electrons. The van der Waals surface area contributed by atoms with E-state index in [1.54, 1.807) is 12.1 Å². The number of methoxy groups -OCH3 is 1. The van der Waals surface area contributed by atoms with Gasteiger partial charge in [-0.2, -0.15) is 0 Å². The Kier molecular flexibility index (Phi) is 4.76. The molecule has 0 unspecified atom stereocenters. The number of carbonyl (C=O) groups is 1. The van der Waals surface area contributed by atoms with Gasteiger partial charge in [-0.25, -0.2) is 4.79 Å². The Morgan fingerprint density at radius 3 is 2.35 bits per heavy atom. The second-order valence-corrected chi connectivity index (χ2v) is 5.30. The number of pyridine rings is 1. The number of halogens is 4. The molecule has 7 heteroatoms. The largest absolute Gasteiger partial charge is 0.465 e. The third-order valence-electron chi connectivity index (χ3n) is 2.58. The number of hydrogen-bond donors (Lipinski definition) is 0. The summed E-state index contributed by atoms with van der Waals surface area (Å²) in [7, 11) is 1.26. The van der Waals surface area contributed by atoms with Gasteiger partial charge in [0.1, 0.15) is 0 Å². The zero-order valence-corrected chi connectivity index (χ0v) is 13.1. The minimum Gasteiger partial charge on any atom is -0.465 e. The molecule has 20 heavy (non-hydrogen) atoms. The lowest BCUT2D eigenvalue weighted by molar-refractivity contribution is 0.0601. The Labute approximate surface area is 135 Å². The van der Waals surface area contributed by atoms with E-state index in [2.05, 4.69) is 9.72 Å². The molecule has 0 bridgehead atoms. The van der Waals surface area contributed by atoms with Crippen molar-refractivity contribution in [1.82, 2.24) is 4.98 Å². The lowest BCUT2D eigenvalue weighted by Gasteiger charge is -2.11. The summed E-state index contributed by atoms with van der Waals surface area (Å²) in [5.74, 6) is -0.576. The summed E-state index contributed by atoms with van der Waals surface area (Å²) < 4.78 is 4.65. The molecule has 2 aromatic rings. The smallest absolute Gasteiger partial charge is 0.339 e. The van der Waals surface area contributed by atoms with Gasteiger partial charge in [-0.3, -0.25) is 4.98 Å². The Morgan fingerprint density at radius 2 is 1.70 bits per heavy atom. The highest BCUT2D eigenvalue weighted by atomic mass is 35.5. The van der Waals surface area contributed by atoms with Gasteiger partial charge >= 0.3 is 5.97 Å². The van der Waals surface area contributed by atoms with Crippen LogP contribution < -0.4 is 0 Å². The van der Waals surface area contributed by atoms with Crippen LogP contribution in [0.3, 0.4) is 0 Å². The molecule has 0 saturated heterocycles. The average Bonchev–Trinajstić information content (AvgIpc) is 2.44. The van der Waals surface area contributed by atoms with Crippen molar-refractivity contribution in [3.05, 3.63) is 50.0 Å². The Morgan fingerprint density at radius 1 is 1.05 bits per heavy atom. The monoisotopic (exact) mass is 349 g/mol. The fourth-order valence-electron chi connectivity index (χ4n) is 1.63. The molecule has 2 rings (SSSR count). The predicted molar refractivity (Wildman–Crippen MR) is 81.1 cm³/mol. The first kappa shape index (κ1) is 15.4. The summed E-state index contributed by atoms with van der Waals surface area (Å²) in [5, 5.41) is 0.962. The molecule has 0 aliphatic heterocycles. The maximum atomic E-state index is 11.6. The van der Waals surface area contributed by atoms with E-state index in [-0.39, 0.29) is 21.3 Å². The molecule has 1 aromatic carbocycles. The van der Waals surface area contributed by atoms with Crippen LogP contribution in [0, 0.1) is 0 Å². The van der Waals surface area contributed by atoms with Gasteiger partial charge in [-0.15, -0.1) is 0 Å². The average molecular weight is 351 g/mol. The van der Waals surface area contributed by atoms with Crippen LogP contribution >= 0.6 is 46.4 Å². The maximum Gasteiger partial charge on any atom is 0.339 e. The summed E-state index contributed by atoms with van der Waals surface area (Å²) in [6.07, 6.45) is 1.42. The minimum absolute atomic E-state index is 0.102. The summed E-state index contributed by atoms with van der Waals surface area (Å²) in [6, 6.07) is 4.59. The second-order valence-electron chi connectivity index (χ2n) is 3.73. The van der Waals surface area contributed by atoms with Crippen molar-refractivity contribution in [2.24, 2.45) is 0 Å². The number of ether oxygens (including phenoxy) is 1. The molecule has 0 N–H and O–H groups in total. The van der Waals surface area contributed by atoms with Crippen molar-refractivity contribution in [3.63, 3.8) is 0 Å². The summed E-state index contributed by atoms with van der Waals surface area (Å²) in [4.78, 5) is 15.7. The molecule has 0 fully saturated rings. The van der Waals surface area contributed by atoms with Crippen LogP contribution in [-0.2, 0) is 4.74 Å². The van der Waals surface area contributed by atoms with Crippen LogP contribution in [-0.4, -0.2) is 18.1 Å². The van der Waals surface area contributed by atoms with Crippen molar-refractivity contribution in [2.75, 3.05) is 7.11 Å². The van der Waals surface area contributed by atoms with Gasteiger partial charge in [-0.1, -0.05) is 46.4 Å². The highest BCUT2D eigenvalue weighted by Crippen LogP contribution is 2.41. The standard InChI is InChI=1S/C13H7Cl4NO2/c1-20-13(19)6-4-5-18-12(10(6)16)9-7(14)2-3-8(15)11(9)17/h2-5H,1H3. The van der Waals surface area contributed by atoms with Crippen molar-refractivity contribution in [2.45, 2.75) is 0 Å². The van der Waals surface area contributed by atoms with E-state index in [1.807, 2.05) is 0 Å². The van der Waals surface area contributed by atoms with Crippen molar-refractivity contribution in [1.29, 1.82) is 0 Å².